The van der Waals surface area contributed by atoms with Gasteiger partial charge in [0.05, 0.1) is 28.1 Å². The number of nitrogens with zero attached hydrogens (tertiary/aromatic N) is 4. The largest absolute Gasteiger partial charge is 0.457 e. The van der Waals surface area contributed by atoms with Gasteiger partial charge in [-0.2, -0.15) is 0 Å². The van der Waals surface area contributed by atoms with Gasteiger partial charge in [0, 0.05) is 56.7 Å². The molecule has 0 unspecified atom stereocenters. The van der Waals surface area contributed by atoms with Gasteiger partial charge in [0.1, 0.15) is 23.8 Å². The van der Waals surface area contributed by atoms with E-state index in [1.807, 2.05) is 6.20 Å². The SMILES string of the molecule is CC(C)(C)c1cc2c3ccccc3c3ccccc3c3cccnc3n3c4cc(Oc5cccc(N6CN(c7c(-c8ccccc8)cccc7-c7ccccc7)c7ccccc76)c5)ccc4c(c1)c23. The molecule has 69 heavy (non-hydrogen) atoms. The molecule has 0 bridgehead atoms. The van der Waals surface area contributed by atoms with E-state index in [-0.39, 0.29) is 5.41 Å². The van der Waals surface area contributed by atoms with Crippen molar-refractivity contribution in [3.63, 3.8) is 0 Å². The van der Waals surface area contributed by atoms with Crippen molar-refractivity contribution >= 4 is 82.5 Å². The van der Waals surface area contributed by atoms with Crippen LogP contribution < -0.4 is 14.5 Å². The second-order valence-corrected chi connectivity index (χ2v) is 19.2. The Hall–Kier alpha value is -8.67. The first-order valence-corrected chi connectivity index (χ1v) is 23.8. The van der Waals surface area contributed by atoms with Crippen LogP contribution in [0.3, 0.4) is 0 Å². The van der Waals surface area contributed by atoms with Crippen molar-refractivity contribution < 1.29 is 4.74 Å². The molecule has 0 spiro atoms. The van der Waals surface area contributed by atoms with Crippen LogP contribution in [-0.4, -0.2) is 16.1 Å². The van der Waals surface area contributed by atoms with Crippen LogP contribution in [0.4, 0.5) is 22.7 Å². The number of aromatic nitrogens is 2. The standard InChI is InChI=1S/C64H48N4O/c1-64(2,3)44-37-56-53-28-13-11-26-51(53)50-25-10-12-27-52(50)55-31-18-36-65-63(55)68-60-40-47(34-35-54(60)57(38-44)62(56)68)69-46-24-16-23-45(39-46)66-41-67(59-33-15-14-32-58(59)66)61-48(42-19-6-4-7-20-42)29-17-30-49(61)43-21-8-5-9-22-43/h4-40H,41H2,1-3H3. The molecule has 0 atom stereocenters. The van der Waals surface area contributed by atoms with Gasteiger partial charge in [0.25, 0.3) is 0 Å². The molecule has 5 heteroatoms. The predicted octanol–water partition coefficient (Wildman–Crippen LogP) is 17.3. The maximum absolute atomic E-state index is 6.97. The molecule has 0 saturated heterocycles. The molecule has 0 saturated carbocycles. The van der Waals surface area contributed by atoms with Crippen molar-refractivity contribution in [2.75, 3.05) is 16.5 Å². The number of ether oxygens (including phenoxy) is 1. The van der Waals surface area contributed by atoms with Gasteiger partial charge >= 0.3 is 0 Å². The third-order valence-corrected chi connectivity index (χ3v) is 14.0. The Bertz CT molecular complexity index is 3960. The van der Waals surface area contributed by atoms with Gasteiger partial charge in [-0.1, -0.05) is 166 Å². The highest BCUT2D eigenvalue weighted by molar-refractivity contribution is 6.25. The number of hydrogen-bond donors (Lipinski definition) is 0. The summed E-state index contributed by atoms with van der Waals surface area (Å²) in [7, 11) is 0. The van der Waals surface area contributed by atoms with Crippen molar-refractivity contribution in [2.24, 2.45) is 0 Å². The molecule has 9 aromatic carbocycles. The molecule has 3 aromatic heterocycles. The van der Waals surface area contributed by atoms with Crippen LogP contribution in [0.25, 0.3) is 82.0 Å². The van der Waals surface area contributed by atoms with E-state index < -0.39 is 0 Å². The highest BCUT2D eigenvalue weighted by atomic mass is 16.5. The van der Waals surface area contributed by atoms with Crippen LogP contribution >= 0.6 is 0 Å². The van der Waals surface area contributed by atoms with E-state index in [0.717, 1.165) is 61.4 Å². The first-order valence-electron chi connectivity index (χ1n) is 23.8. The van der Waals surface area contributed by atoms with E-state index in [0.29, 0.717) is 6.67 Å². The minimum absolute atomic E-state index is 0.0863. The summed E-state index contributed by atoms with van der Waals surface area (Å²) in [5.41, 5.74) is 13.5. The van der Waals surface area contributed by atoms with Crippen LogP contribution in [-0.2, 0) is 5.41 Å². The maximum Gasteiger partial charge on any atom is 0.145 e. The summed E-state index contributed by atoms with van der Waals surface area (Å²) in [4.78, 5) is 10.1. The molecule has 1 aliphatic rings. The average Bonchev–Trinajstić information content (AvgIpc) is 3.95. The lowest BCUT2D eigenvalue weighted by molar-refractivity contribution is 0.483. The molecule has 1 aliphatic heterocycles. The molecule has 0 radical (unpaired) electrons. The Labute approximate surface area is 401 Å². The number of fused-ring (bicyclic) bond motifs is 11. The fourth-order valence-corrected chi connectivity index (χ4v) is 10.8. The van der Waals surface area contributed by atoms with Gasteiger partial charge in [0.15, 0.2) is 0 Å². The molecule has 0 fully saturated rings. The summed E-state index contributed by atoms with van der Waals surface area (Å²) >= 11 is 0. The Morgan fingerprint density at radius 2 is 0.971 bits per heavy atom. The number of anilines is 4. The van der Waals surface area contributed by atoms with E-state index in [1.165, 1.54) is 60.4 Å². The van der Waals surface area contributed by atoms with Crippen molar-refractivity contribution in [3.05, 3.63) is 230 Å². The zero-order valence-electron chi connectivity index (χ0n) is 38.8. The Morgan fingerprint density at radius 1 is 0.435 bits per heavy atom. The van der Waals surface area contributed by atoms with Crippen LogP contribution in [0.5, 0.6) is 11.5 Å². The molecular weight excluding hydrogens is 841 g/mol. The molecule has 0 aliphatic carbocycles. The fraction of sp³-hybridized carbons (Fsp3) is 0.0781. The summed E-state index contributed by atoms with van der Waals surface area (Å²) < 4.78 is 9.35. The number of hydrogen-bond acceptors (Lipinski definition) is 4. The van der Waals surface area contributed by atoms with Gasteiger partial charge in [-0.05, 0) is 104 Å². The minimum Gasteiger partial charge on any atom is -0.457 e. The Balaban J connectivity index is 0.968. The van der Waals surface area contributed by atoms with Gasteiger partial charge in [-0.25, -0.2) is 4.98 Å². The monoisotopic (exact) mass is 888 g/mol. The van der Waals surface area contributed by atoms with E-state index in [4.69, 9.17) is 9.72 Å². The van der Waals surface area contributed by atoms with E-state index in [1.54, 1.807) is 0 Å². The van der Waals surface area contributed by atoms with Crippen LogP contribution in [0.1, 0.15) is 26.3 Å². The smallest absolute Gasteiger partial charge is 0.145 e. The maximum atomic E-state index is 6.97. The lowest BCUT2D eigenvalue weighted by Gasteiger charge is -2.27. The lowest BCUT2D eigenvalue weighted by atomic mass is 9.85. The fourth-order valence-electron chi connectivity index (χ4n) is 10.8. The number of benzene rings is 9. The first-order chi connectivity index (χ1) is 33.9. The number of pyridine rings is 1. The van der Waals surface area contributed by atoms with Crippen LogP contribution in [0.2, 0.25) is 0 Å². The minimum atomic E-state index is -0.0863. The van der Waals surface area contributed by atoms with Crippen molar-refractivity contribution in [3.8, 4) is 33.8 Å². The topological polar surface area (TPSA) is 33.0 Å². The molecular formula is C64H48N4O. The molecule has 4 heterocycles. The summed E-state index contributed by atoms with van der Waals surface area (Å²) in [6.45, 7) is 7.53. The van der Waals surface area contributed by atoms with Gasteiger partial charge in [0.2, 0.25) is 0 Å². The highest BCUT2D eigenvalue weighted by Gasteiger charge is 2.31. The molecule has 0 amide bonds. The highest BCUT2D eigenvalue weighted by Crippen LogP contribution is 2.50. The Kier molecular flexibility index (Phi) is 9.41. The summed E-state index contributed by atoms with van der Waals surface area (Å²) in [6.07, 6.45) is 1.92. The van der Waals surface area contributed by atoms with Gasteiger partial charge in [-0.3, -0.25) is 4.40 Å². The predicted molar refractivity (Wildman–Crippen MR) is 290 cm³/mol. The number of rotatable bonds is 6. The normalized spacial score (nSPS) is 12.7. The third kappa shape index (κ3) is 6.72. The molecule has 330 valence electrons. The van der Waals surface area contributed by atoms with Gasteiger partial charge in [-0.15, -0.1) is 0 Å². The third-order valence-electron chi connectivity index (χ3n) is 14.0. The second kappa shape index (κ2) is 16.0. The van der Waals surface area contributed by atoms with Crippen LogP contribution in [0.15, 0.2) is 225 Å². The van der Waals surface area contributed by atoms with Crippen LogP contribution in [0, 0.1) is 0 Å². The molecule has 0 N–H and O–H groups in total. The zero-order valence-corrected chi connectivity index (χ0v) is 38.8. The second-order valence-electron chi connectivity index (χ2n) is 19.2. The van der Waals surface area contributed by atoms with E-state index in [9.17, 15) is 0 Å². The lowest BCUT2D eigenvalue weighted by Crippen LogP contribution is -2.24. The van der Waals surface area contributed by atoms with Crippen molar-refractivity contribution in [1.29, 1.82) is 0 Å². The summed E-state index contributed by atoms with van der Waals surface area (Å²) in [6, 6.07) is 78.6. The Morgan fingerprint density at radius 3 is 1.62 bits per heavy atom. The van der Waals surface area contributed by atoms with Crippen molar-refractivity contribution in [1.82, 2.24) is 9.38 Å². The molecule has 12 aromatic rings. The molecule has 13 rings (SSSR count). The van der Waals surface area contributed by atoms with E-state index >= 15 is 0 Å². The van der Waals surface area contributed by atoms with Gasteiger partial charge < -0.3 is 14.5 Å². The van der Waals surface area contributed by atoms with Crippen molar-refractivity contribution in [2.45, 2.75) is 26.2 Å². The zero-order chi connectivity index (χ0) is 46.2. The van der Waals surface area contributed by atoms with E-state index in [2.05, 4.69) is 253 Å². The first kappa shape index (κ1) is 40.6. The average molecular weight is 889 g/mol. The summed E-state index contributed by atoms with van der Waals surface area (Å²) in [5, 5.41) is 9.37. The summed E-state index contributed by atoms with van der Waals surface area (Å²) in [5.74, 6) is 1.51. The molecule has 5 nitrogen and oxygen atoms in total. The number of para-hydroxylation sites is 3. The quantitative estimate of drug-likeness (QED) is 0.167.